The van der Waals surface area contributed by atoms with E-state index < -0.39 is 5.82 Å². The van der Waals surface area contributed by atoms with Crippen molar-refractivity contribution < 1.29 is 9.13 Å². The highest BCUT2D eigenvalue weighted by Crippen LogP contribution is 2.23. The monoisotopic (exact) mass is 192 g/mol. The second-order valence-corrected chi connectivity index (χ2v) is 2.96. The van der Waals surface area contributed by atoms with Crippen LogP contribution >= 0.6 is 0 Å². The Kier molecular flexibility index (Phi) is 2.04. The molecule has 0 spiro atoms. The van der Waals surface area contributed by atoms with E-state index >= 15 is 0 Å². The van der Waals surface area contributed by atoms with E-state index in [1.807, 2.05) is 6.92 Å². The summed E-state index contributed by atoms with van der Waals surface area (Å²) in [5.41, 5.74) is 1.45. The van der Waals surface area contributed by atoms with Crippen LogP contribution in [0.1, 0.15) is 5.69 Å². The summed E-state index contributed by atoms with van der Waals surface area (Å²) >= 11 is 0. The number of hydrogen-bond acceptors (Lipinski definition) is 3. The Hall–Kier alpha value is -1.71. The van der Waals surface area contributed by atoms with Gasteiger partial charge < -0.3 is 4.74 Å². The van der Waals surface area contributed by atoms with E-state index in [1.165, 1.54) is 19.5 Å². The molecule has 1 aromatic carbocycles. The van der Waals surface area contributed by atoms with Crippen molar-refractivity contribution in [3.8, 4) is 5.75 Å². The second kappa shape index (κ2) is 3.21. The van der Waals surface area contributed by atoms with E-state index in [2.05, 4.69) is 9.97 Å². The van der Waals surface area contributed by atoms with Crippen molar-refractivity contribution in [2.45, 2.75) is 6.92 Å². The summed E-state index contributed by atoms with van der Waals surface area (Å²) in [7, 11) is 1.43. The van der Waals surface area contributed by atoms with Gasteiger partial charge >= 0.3 is 0 Å². The van der Waals surface area contributed by atoms with Crippen molar-refractivity contribution >= 4 is 10.9 Å². The zero-order valence-corrected chi connectivity index (χ0v) is 7.91. The highest BCUT2D eigenvalue weighted by atomic mass is 19.1. The topological polar surface area (TPSA) is 35.0 Å². The van der Waals surface area contributed by atoms with Crippen LogP contribution in [0.5, 0.6) is 5.75 Å². The second-order valence-electron chi connectivity index (χ2n) is 2.96. The van der Waals surface area contributed by atoms with Crippen molar-refractivity contribution in [2.75, 3.05) is 7.11 Å². The lowest BCUT2D eigenvalue weighted by Gasteiger charge is -2.04. The average molecular weight is 192 g/mol. The van der Waals surface area contributed by atoms with Crippen LogP contribution in [0, 0.1) is 12.7 Å². The number of rotatable bonds is 1. The molecule has 0 amide bonds. The summed E-state index contributed by atoms with van der Waals surface area (Å²) in [6, 6.07) is 2.96. The first kappa shape index (κ1) is 8.87. The molecule has 0 aliphatic carbocycles. The molecule has 0 N–H and O–H groups in total. The molecule has 4 heteroatoms. The van der Waals surface area contributed by atoms with Crippen LogP contribution in [0.4, 0.5) is 4.39 Å². The maximum absolute atomic E-state index is 13.3. The van der Waals surface area contributed by atoms with Gasteiger partial charge in [-0.15, -0.1) is 0 Å². The van der Waals surface area contributed by atoms with Crippen molar-refractivity contribution in [3.63, 3.8) is 0 Å². The van der Waals surface area contributed by atoms with Crippen LogP contribution in [0.2, 0.25) is 0 Å². The Labute approximate surface area is 80.6 Å². The zero-order chi connectivity index (χ0) is 10.1. The molecule has 0 unspecified atom stereocenters. The number of aromatic nitrogens is 2. The average Bonchev–Trinajstić information content (AvgIpc) is 2.19. The first-order chi connectivity index (χ1) is 6.72. The molecule has 3 nitrogen and oxygen atoms in total. The van der Waals surface area contributed by atoms with Gasteiger partial charge in [-0.25, -0.2) is 14.4 Å². The van der Waals surface area contributed by atoms with Gasteiger partial charge in [0.15, 0.2) is 11.6 Å². The van der Waals surface area contributed by atoms with Gasteiger partial charge in [0.2, 0.25) is 0 Å². The highest BCUT2D eigenvalue weighted by Gasteiger charge is 2.07. The van der Waals surface area contributed by atoms with E-state index in [1.54, 1.807) is 6.07 Å². The predicted molar refractivity (Wildman–Crippen MR) is 50.8 cm³/mol. The maximum atomic E-state index is 13.3. The standard InChI is InChI=1S/C10H9FN2O/c1-6-7-3-8(11)10(14-2)4-9(7)13-5-12-6/h3-5H,1-2H3. The van der Waals surface area contributed by atoms with Crippen LogP contribution in [0.25, 0.3) is 10.9 Å². The smallest absolute Gasteiger partial charge is 0.165 e. The molecule has 0 radical (unpaired) electrons. The number of aryl methyl sites for hydroxylation is 1. The molecule has 0 fully saturated rings. The molecule has 0 aliphatic rings. The van der Waals surface area contributed by atoms with Gasteiger partial charge in [0.25, 0.3) is 0 Å². The lowest BCUT2D eigenvalue weighted by Crippen LogP contribution is -1.92. The Balaban J connectivity index is 2.79. The Morgan fingerprint density at radius 3 is 2.79 bits per heavy atom. The van der Waals surface area contributed by atoms with E-state index in [9.17, 15) is 4.39 Å². The van der Waals surface area contributed by atoms with Crippen LogP contribution in [0.3, 0.4) is 0 Å². The Bertz CT molecular complexity index is 485. The number of benzene rings is 1. The van der Waals surface area contributed by atoms with Crippen LogP contribution < -0.4 is 4.74 Å². The normalized spacial score (nSPS) is 10.5. The van der Waals surface area contributed by atoms with E-state index in [0.29, 0.717) is 10.9 Å². The lowest BCUT2D eigenvalue weighted by molar-refractivity contribution is 0.387. The number of halogens is 1. The first-order valence-electron chi connectivity index (χ1n) is 4.17. The fraction of sp³-hybridized carbons (Fsp3) is 0.200. The molecule has 14 heavy (non-hydrogen) atoms. The summed E-state index contributed by atoms with van der Waals surface area (Å²) in [5, 5.41) is 0.714. The number of fused-ring (bicyclic) bond motifs is 1. The van der Waals surface area contributed by atoms with Gasteiger partial charge in [0, 0.05) is 17.1 Å². The first-order valence-corrected chi connectivity index (χ1v) is 4.17. The molecule has 0 saturated heterocycles. The molecule has 0 bridgehead atoms. The predicted octanol–water partition coefficient (Wildman–Crippen LogP) is 2.09. The Morgan fingerprint density at radius 1 is 1.29 bits per heavy atom. The minimum Gasteiger partial charge on any atom is -0.494 e. The number of nitrogens with zero attached hydrogens (tertiary/aromatic N) is 2. The lowest BCUT2D eigenvalue weighted by atomic mass is 10.2. The van der Waals surface area contributed by atoms with Gasteiger partial charge in [0.05, 0.1) is 12.6 Å². The number of hydrogen-bond donors (Lipinski definition) is 0. The molecule has 0 aliphatic heterocycles. The van der Waals surface area contributed by atoms with Gasteiger partial charge in [0.1, 0.15) is 6.33 Å². The van der Waals surface area contributed by atoms with E-state index in [-0.39, 0.29) is 5.75 Å². The van der Waals surface area contributed by atoms with Crippen molar-refractivity contribution in [3.05, 3.63) is 30.0 Å². The molecule has 72 valence electrons. The van der Waals surface area contributed by atoms with Crippen molar-refractivity contribution in [2.24, 2.45) is 0 Å². The van der Waals surface area contributed by atoms with Crippen LogP contribution in [0.15, 0.2) is 18.5 Å². The van der Waals surface area contributed by atoms with Crippen molar-refractivity contribution in [1.82, 2.24) is 9.97 Å². The molecule has 0 saturated carbocycles. The summed E-state index contributed by atoms with van der Waals surface area (Å²) < 4.78 is 18.2. The van der Waals surface area contributed by atoms with E-state index in [4.69, 9.17) is 4.74 Å². The third-order valence-corrected chi connectivity index (χ3v) is 2.11. The summed E-state index contributed by atoms with van der Waals surface area (Å²) in [6.07, 6.45) is 1.45. The number of methoxy groups -OCH3 is 1. The SMILES string of the molecule is COc1cc2ncnc(C)c2cc1F. The minimum absolute atomic E-state index is 0.204. The maximum Gasteiger partial charge on any atom is 0.165 e. The van der Waals surface area contributed by atoms with E-state index in [0.717, 1.165) is 5.69 Å². The Morgan fingerprint density at radius 2 is 2.07 bits per heavy atom. The molecular weight excluding hydrogens is 183 g/mol. The summed E-state index contributed by atoms with van der Waals surface area (Å²) in [6.45, 7) is 1.82. The minimum atomic E-state index is -0.391. The zero-order valence-electron chi connectivity index (χ0n) is 7.91. The van der Waals surface area contributed by atoms with Gasteiger partial charge in [-0.3, -0.25) is 0 Å². The highest BCUT2D eigenvalue weighted by molar-refractivity contribution is 5.82. The van der Waals surface area contributed by atoms with Gasteiger partial charge in [-0.1, -0.05) is 0 Å². The number of ether oxygens (including phenoxy) is 1. The molecule has 0 atom stereocenters. The van der Waals surface area contributed by atoms with Crippen molar-refractivity contribution in [1.29, 1.82) is 0 Å². The quantitative estimate of drug-likeness (QED) is 0.693. The van der Waals surface area contributed by atoms with Gasteiger partial charge in [-0.2, -0.15) is 0 Å². The molecule has 2 aromatic rings. The molecule has 2 rings (SSSR count). The molecule has 1 aromatic heterocycles. The van der Waals surface area contributed by atoms with Gasteiger partial charge in [-0.05, 0) is 13.0 Å². The summed E-state index contributed by atoms with van der Waals surface area (Å²) in [4.78, 5) is 8.02. The molecular formula is C10H9FN2O. The fourth-order valence-electron chi connectivity index (χ4n) is 1.34. The van der Waals surface area contributed by atoms with Crippen LogP contribution in [-0.4, -0.2) is 17.1 Å². The third-order valence-electron chi connectivity index (χ3n) is 2.11. The largest absolute Gasteiger partial charge is 0.494 e. The molecule has 1 heterocycles. The fourth-order valence-corrected chi connectivity index (χ4v) is 1.34. The third kappa shape index (κ3) is 1.28. The van der Waals surface area contributed by atoms with Crippen LogP contribution in [-0.2, 0) is 0 Å². The summed E-state index contributed by atoms with van der Waals surface area (Å²) in [5.74, 6) is -0.187.